The Labute approximate surface area is 183 Å². The number of ether oxygens (including phenoxy) is 1. The summed E-state index contributed by atoms with van der Waals surface area (Å²) in [5.74, 6) is -3.38. The number of rotatable bonds is 5. The number of benzene rings is 1. The van der Waals surface area contributed by atoms with Gasteiger partial charge in [-0.3, -0.25) is 29.4 Å². The molecule has 5 rings (SSSR count). The maximum atomic E-state index is 13.6. The molecule has 3 saturated heterocycles. The van der Waals surface area contributed by atoms with Gasteiger partial charge in [0, 0.05) is 24.6 Å². The standard InChI is InChI=1S/C21H23ClN4O5/c22-12-5-1-4-11-17(12)24-20(30)21(11)16-15(13(25-21)6-7-14(23)27)18(28)26(19(16)29)9-10-3-2-8-31-10/h1,4-5,10,13,15-16,25H,2-3,6-9H2,(H2,23,27)(H,24,30)/t10-,13+,15-,16+,21+/m1/s1. The van der Waals surface area contributed by atoms with Gasteiger partial charge in [0.25, 0.3) is 0 Å². The number of amides is 4. The van der Waals surface area contributed by atoms with Crippen molar-refractivity contribution in [3.8, 4) is 0 Å². The first-order valence-electron chi connectivity index (χ1n) is 10.5. The van der Waals surface area contributed by atoms with E-state index in [1.165, 1.54) is 4.90 Å². The Morgan fingerprint density at radius 3 is 2.81 bits per heavy atom. The largest absolute Gasteiger partial charge is 0.376 e. The first-order chi connectivity index (χ1) is 14.8. The molecule has 10 heteroatoms. The summed E-state index contributed by atoms with van der Waals surface area (Å²) in [5, 5.41) is 6.40. The van der Waals surface area contributed by atoms with Gasteiger partial charge in [-0.1, -0.05) is 23.7 Å². The van der Waals surface area contributed by atoms with Crippen LogP contribution in [0.4, 0.5) is 5.69 Å². The summed E-state index contributed by atoms with van der Waals surface area (Å²) in [6.07, 6.45) is 1.75. The molecule has 4 aliphatic heterocycles. The van der Waals surface area contributed by atoms with E-state index in [9.17, 15) is 19.2 Å². The molecule has 4 aliphatic rings. The van der Waals surface area contributed by atoms with Crippen LogP contribution in [0.2, 0.25) is 5.02 Å². The number of hydrogen-bond donors (Lipinski definition) is 3. The lowest BCUT2D eigenvalue weighted by atomic mass is 9.76. The number of carbonyl (C=O) groups excluding carboxylic acids is 4. The molecule has 9 nitrogen and oxygen atoms in total. The fourth-order valence-corrected chi connectivity index (χ4v) is 5.79. The number of primary amides is 1. The molecule has 0 unspecified atom stereocenters. The first kappa shape index (κ1) is 20.4. The lowest BCUT2D eigenvalue weighted by Gasteiger charge is -2.30. The smallest absolute Gasteiger partial charge is 0.250 e. The predicted molar refractivity (Wildman–Crippen MR) is 110 cm³/mol. The van der Waals surface area contributed by atoms with Gasteiger partial charge >= 0.3 is 0 Å². The molecule has 1 spiro atoms. The predicted octanol–water partition coefficient (Wildman–Crippen LogP) is 0.505. The average Bonchev–Trinajstić information content (AvgIpc) is 3.47. The zero-order valence-electron chi connectivity index (χ0n) is 16.7. The van der Waals surface area contributed by atoms with E-state index in [4.69, 9.17) is 22.1 Å². The van der Waals surface area contributed by atoms with Crippen LogP contribution in [0.5, 0.6) is 0 Å². The van der Waals surface area contributed by atoms with E-state index in [0.717, 1.165) is 12.8 Å². The molecular weight excluding hydrogens is 424 g/mol. The van der Waals surface area contributed by atoms with E-state index in [1.807, 2.05) is 0 Å². The van der Waals surface area contributed by atoms with Gasteiger partial charge in [0.2, 0.25) is 23.6 Å². The number of hydrogen-bond acceptors (Lipinski definition) is 6. The number of likely N-dealkylation sites (tertiary alicyclic amines) is 1. The van der Waals surface area contributed by atoms with Crippen LogP contribution in [-0.4, -0.2) is 53.8 Å². The van der Waals surface area contributed by atoms with Crippen molar-refractivity contribution in [2.24, 2.45) is 17.6 Å². The zero-order chi connectivity index (χ0) is 21.9. The van der Waals surface area contributed by atoms with Crippen molar-refractivity contribution in [3.63, 3.8) is 0 Å². The van der Waals surface area contributed by atoms with Gasteiger partial charge in [0.05, 0.1) is 35.2 Å². The topological polar surface area (TPSA) is 131 Å². The summed E-state index contributed by atoms with van der Waals surface area (Å²) in [6, 6.07) is 4.55. The van der Waals surface area contributed by atoms with E-state index >= 15 is 0 Å². The summed E-state index contributed by atoms with van der Waals surface area (Å²) < 4.78 is 5.63. The summed E-state index contributed by atoms with van der Waals surface area (Å²) in [7, 11) is 0. The van der Waals surface area contributed by atoms with Crippen molar-refractivity contribution in [1.82, 2.24) is 10.2 Å². The number of carbonyl (C=O) groups is 4. The fourth-order valence-electron chi connectivity index (χ4n) is 5.57. The maximum absolute atomic E-state index is 13.6. The highest BCUT2D eigenvalue weighted by Crippen LogP contribution is 2.54. The van der Waals surface area contributed by atoms with Crippen molar-refractivity contribution in [2.75, 3.05) is 18.5 Å². The number of imide groups is 1. The van der Waals surface area contributed by atoms with Gasteiger partial charge in [-0.15, -0.1) is 0 Å². The molecule has 1 aromatic carbocycles. The molecule has 1 aromatic rings. The van der Waals surface area contributed by atoms with Gasteiger partial charge in [-0.2, -0.15) is 0 Å². The second-order valence-corrected chi connectivity index (χ2v) is 9.01. The van der Waals surface area contributed by atoms with E-state index in [1.54, 1.807) is 18.2 Å². The Morgan fingerprint density at radius 1 is 1.29 bits per heavy atom. The minimum Gasteiger partial charge on any atom is -0.376 e. The zero-order valence-corrected chi connectivity index (χ0v) is 17.5. The van der Waals surface area contributed by atoms with Crippen molar-refractivity contribution >= 4 is 40.9 Å². The van der Waals surface area contributed by atoms with E-state index in [2.05, 4.69) is 10.6 Å². The molecule has 0 aromatic heterocycles. The lowest BCUT2D eigenvalue weighted by molar-refractivity contribution is -0.144. The fraction of sp³-hybridized carbons (Fsp3) is 0.524. The van der Waals surface area contributed by atoms with Gasteiger partial charge in [0.15, 0.2) is 0 Å². The molecule has 5 atom stereocenters. The highest BCUT2D eigenvalue weighted by atomic mass is 35.5. The van der Waals surface area contributed by atoms with Crippen LogP contribution in [0.15, 0.2) is 18.2 Å². The summed E-state index contributed by atoms with van der Waals surface area (Å²) in [4.78, 5) is 52.9. The van der Waals surface area contributed by atoms with Crippen LogP contribution in [-0.2, 0) is 29.5 Å². The van der Waals surface area contributed by atoms with Crippen molar-refractivity contribution < 1.29 is 23.9 Å². The minimum atomic E-state index is -1.43. The Morgan fingerprint density at radius 2 is 2.10 bits per heavy atom. The number of nitrogens with one attached hydrogen (secondary N) is 2. The molecule has 164 valence electrons. The van der Waals surface area contributed by atoms with Gasteiger partial charge < -0.3 is 15.8 Å². The first-order valence-corrected chi connectivity index (χ1v) is 10.9. The van der Waals surface area contributed by atoms with Crippen LogP contribution in [0.25, 0.3) is 0 Å². The van der Waals surface area contributed by atoms with E-state index in [-0.39, 0.29) is 31.4 Å². The van der Waals surface area contributed by atoms with E-state index in [0.29, 0.717) is 22.9 Å². The Hall–Kier alpha value is -2.49. The highest BCUT2D eigenvalue weighted by molar-refractivity contribution is 6.35. The van der Waals surface area contributed by atoms with Gasteiger partial charge in [-0.05, 0) is 25.3 Å². The second kappa shape index (κ2) is 7.29. The van der Waals surface area contributed by atoms with Gasteiger partial charge in [-0.25, -0.2) is 0 Å². The molecule has 0 bridgehead atoms. The van der Waals surface area contributed by atoms with Crippen LogP contribution in [0.3, 0.4) is 0 Å². The minimum absolute atomic E-state index is 0.0359. The molecule has 31 heavy (non-hydrogen) atoms. The number of para-hydroxylation sites is 1. The molecule has 0 aliphatic carbocycles. The number of nitrogens with two attached hydrogens (primary N) is 1. The SMILES string of the molecule is NC(=O)CC[C@@H]1N[C@]2(C(=O)Nc3c(Cl)cccc32)[C@@H]2C(=O)N(C[C@H]3CCCO3)C(=O)[C@H]12. The van der Waals surface area contributed by atoms with Crippen LogP contribution < -0.4 is 16.4 Å². The number of halogens is 1. The number of anilines is 1. The third kappa shape index (κ3) is 2.90. The van der Waals surface area contributed by atoms with Gasteiger partial charge in [0.1, 0.15) is 5.54 Å². The molecule has 4 amide bonds. The number of fused-ring (bicyclic) bond motifs is 4. The van der Waals surface area contributed by atoms with Crippen LogP contribution in [0, 0.1) is 11.8 Å². The molecule has 4 N–H and O–H groups in total. The van der Waals surface area contributed by atoms with Crippen LogP contribution in [0.1, 0.15) is 31.2 Å². The quantitative estimate of drug-likeness (QED) is 0.565. The number of nitrogens with zero attached hydrogens (tertiary/aromatic N) is 1. The lowest BCUT2D eigenvalue weighted by Crippen LogP contribution is -2.53. The molecular formula is C21H23ClN4O5. The maximum Gasteiger partial charge on any atom is 0.250 e. The monoisotopic (exact) mass is 446 g/mol. The Kier molecular flexibility index (Phi) is 4.80. The van der Waals surface area contributed by atoms with Crippen LogP contribution >= 0.6 is 11.6 Å². The third-order valence-corrected chi connectivity index (χ3v) is 7.22. The Bertz CT molecular complexity index is 994. The third-order valence-electron chi connectivity index (χ3n) is 6.90. The van der Waals surface area contributed by atoms with Crippen molar-refractivity contribution in [2.45, 2.75) is 43.4 Å². The second-order valence-electron chi connectivity index (χ2n) is 8.61. The summed E-state index contributed by atoms with van der Waals surface area (Å²) >= 11 is 6.30. The highest BCUT2D eigenvalue weighted by Gasteiger charge is 2.70. The average molecular weight is 447 g/mol. The molecule has 4 heterocycles. The van der Waals surface area contributed by atoms with E-state index < -0.39 is 41.1 Å². The van der Waals surface area contributed by atoms with Crippen molar-refractivity contribution in [3.05, 3.63) is 28.8 Å². The summed E-state index contributed by atoms with van der Waals surface area (Å²) in [5.41, 5.74) is 4.89. The molecule has 0 radical (unpaired) electrons. The molecule has 0 saturated carbocycles. The molecule has 3 fully saturated rings. The van der Waals surface area contributed by atoms with Crippen molar-refractivity contribution in [1.29, 1.82) is 0 Å². The summed E-state index contributed by atoms with van der Waals surface area (Å²) in [6.45, 7) is 0.780. The Balaban J connectivity index is 1.57. The normalized spacial score (nSPS) is 33.8.